The number of benzene rings is 1. The number of carbonyl (C=O) groups excluding carboxylic acids is 1. The van der Waals surface area contributed by atoms with Crippen LogP contribution in [0, 0.1) is 0 Å². The van der Waals surface area contributed by atoms with Gasteiger partial charge in [0.25, 0.3) is 0 Å². The highest BCUT2D eigenvalue weighted by Gasteiger charge is 2.20. The number of methoxy groups -OCH3 is 2. The number of ether oxygens (including phenoxy) is 4. The highest BCUT2D eigenvalue weighted by molar-refractivity contribution is 6.02. The van der Waals surface area contributed by atoms with Crippen LogP contribution in [0.2, 0.25) is 0 Å². The van der Waals surface area contributed by atoms with Crippen LogP contribution in [0.15, 0.2) is 41.0 Å². The molecule has 1 aromatic carbocycles. The summed E-state index contributed by atoms with van der Waals surface area (Å²) >= 11 is 0. The van der Waals surface area contributed by atoms with Crippen LogP contribution in [0.1, 0.15) is 13.8 Å². The van der Waals surface area contributed by atoms with Gasteiger partial charge in [0.2, 0.25) is 5.71 Å². The summed E-state index contributed by atoms with van der Waals surface area (Å²) in [5.41, 5.74) is 1.67. The van der Waals surface area contributed by atoms with Crippen molar-refractivity contribution < 1.29 is 28.2 Å². The van der Waals surface area contributed by atoms with Gasteiger partial charge in [-0.2, -0.15) is 0 Å². The number of carbonyl (C=O) groups is 1. The molecule has 1 atom stereocenters. The molecule has 7 nitrogen and oxygen atoms in total. The lowest BCUT2D eigenvalue weighted by Crippen LogP contribution is -2.25. The molecule has 0 spiro atoms. The minimum absolute atomic E-state index is 0.108. The molecule has 0 saturated heterocycles. The molecule has 0 bridgehead atoms. The monoisotopic (exact) mass is 371 g/mol. The number of aromatic nitrogens is 1. The van der Waals surface area contributed by atoms with Crippen LogP contribution in [-0.2, 0) is 9.53 Å². The topological polar surface area (TPSA) is 80.0 Å². The van der Waals surface area contributed by atoms with Crippen molar-refractivity contribution in [1.29, 1.82) is 0 Å². The molecular weight excluding hydrogens is 350 g/mol. The molecular formula is C20H21NO6. The molecule has 0 N–H and O–H groups in total. The van der Waals surface area contributed by atoms with Crippen molar-refractivity contribution in [3.63, 3.8) is 0 Å². The zero-order valence-electron chi connectivity index (χ0n) is 15.7. The quantitative estimate of drug-likeness (QED) is 0.460. The number of nitrogens with zero attached hydrogens (tertiary/aromatic N) is 1. The lowest BCUT2D eigenvalue weighted by Gasteiger charge is -2.19. The van der Waals surface area contributed by atoms with E-state index in [9.17, 15) is 4.79 Å². The van der Waals surface area contributed by atoms with Crippen molar-refractivity contribution in [1.82, 2.24) is 4.98 Å². The summed E-state index contributed by atoms with van der Waals surface area (Å²) in [4.78, 5) is 15.8. The molecule has 3 aromatic rings. The fourth-order valence-electron chi connectivity index (χ4n) is 2.83. The molecule has 0 aliphatic rings. The Balaban J connectivity index is 2.02. The van der Waals surface area contributed by atoms with E-state index in [1.807, 2.05) is 6.07 Å². The molecule has 0 aliphatic carbocycles. The number of fused-ring (bicyclic) bond motifs is 2. The number of esters is 1. The fourth-order valence-corrected chi connectivity index (χ4v) is 2.83. The van der Waals surface area contributed by atoms with Gasteiger partial charge in [0, 0.05) is 12.3 Å². The first kappa shape index (κ1) is 18.6. The molecule has 0 amide bonds. The van der Waals surface area contributed by atoms with Crippen LogP contribution in [0.3, 0.4) is 0 Å². The highest BCUT2D eigenvalue weighted by atomic mass is 16.6. The number of hydrogen-bond donors (Lipinski definition) is 0. The molecule has 27 heavy (non-hydrogen) atoms. The van der Waals surface area contributed by atoms with E-state index in [4.69, 9.17) is 23.4 Å². The Morgan fingerprint density at radius 3 is 2.52 bits per heavy atom. The van der Waals surface area contributed by atoms with Crippen molar-refractivity contribution >= 4 is 28.0 Å². The first-order valence-electron chi connectivity index (χ1n) is 8.33. The van der Waals surface area contributed by atoms with Gasteiger partial charge >= 0.3 is 5.97 Å². The summed E-state index contributed by atoms with van der Waals surface area (Å²) < 4.78 is 27.6. The molecule has 0 radical (unpaired) electrons. The van der Waals surface area contributed by atoms with E-state index in [1.54, 1.807) is 32.4 Å². The molecule has 0 saturated carbocycles. The molecule has 2 aromatic heterocycles. The summed E-state index contributed by atoms with van der Waals surface area (Å²) in [5.74, 6) is 1.15. The molecule has 7 heteroatoms. The Bertz CT molecular complexity index is 1010. The molecule has 3 rings (SSSR count). The van der Waals surface area contributed by atoms with E-state index in [2.05, 4.69) is 11.6 Å². The molecule has 0 unspecified atom stereocenters. The molecule has 0 aliphatic heterocycles. The average molecular weight is 371 g/mol. The van der Waals surface area contributed by atoms with Gasteiger partial charge in [0.05, 0.1) is 25.9 Å². The molecule has 2 heterocycles. The number of rotatable bonds is 7. The van der Waals surface area contributed by atoms with Gasteiger partial charge in [-0.25, -0.2) is 4.98 Å². The summed E-state index contributed by atoms with van der Waals surface area (Å²) in [6.07, 6.45) is 0.998. The maximum Gasteiger partial charge on any atom is 0.303 e. The van der Waals surface area contributed by atoms with Crippen LogP contribution in [-0.4, -0.2) is 37.9 Å². The van der Waals surface area contributed by atoms with Gasteiger partial charge in [-0.3, -0.25) is 4.79 Å². The predicted octanol–water partition coefficient (Wildman–Crippen LogP) is 3.88. The van der Waals surface area contributed by atoms with Crippen LogP contribution in [0.25, 0.3) is 22.0 Å². The van der Waals surface area contributed by atoms with Crippen molar-refractivity contribution in [2.24, 2.45) is 0 Å². The second-order valence-corrected chi connectivity index (χ2v) is 6.03. The maximum atomic E-state index is 11.3. The lowest BCUT2D eigenvalue weighted by molar-refractivity contribution is -0.145. The largest absolute Gasteiger partial charge is 0.495 e. The van der Waals surface area contributed by atoms with Crippen molar-refractivity contribution in [2.45, 2.75) is 20.0 Å². The van der Waals surface area contributed by atoms with E-state index < -0.39 is 12.1 Å². The minimum atomic E-state index is -0.557. The third-order valence-electron chi connectivity index (χ3n) is 4.10. The summed E-state index contributed by atoms with van der Waals surface area (Å²) in [5, 5.41) is 1.55. The van der Waals surface area contributed by atoms with Crippen LogP contribution in [0.4, 0.5) is 0 Å². The van der Waals surface area contributed by atoms with E-state index in [1.165, 1.54) is 14.0 Å². The van der Waals surface area contributed by atoms with Crippen molar-refractivity contribution in [2.75, 3.05) is 20.8 Å². The Morgan fingerprint density at radius 1 is 1.15 bits per heavy atom. The highest BCUT2D eigenvalue weighted by Crippen LogP contribution is 2.41. The van der Waals surface area contributed by atoms with Crippen LogP contribution < -0.4 is 14.2 Å². The van der Waals surface area contributed by atoms with E-state index in [0.29, 0.717) is 34.1 Å². The first-order chi connectivity index (χ1) is 13.0. The fraction of sp³-hybridized carbons (Fsp3) is 0.300. The molecule has 0 fully saturated rings. The lowest BCUT2D eigenvalue weighted by atomic mass is 10.1. The van der Waals surface area contributed by atoms with Gasteiger partial charge in [0.1, 0.15) is 17.9 Å². The van der Waals surface area contributed by atoms with E-state index in [0.717, 1.165) is 10.8 Å². The normalized spacial score (nSPS) is 12.0. The molecule has 142 valence electrons. The second kappa shape index (κ2) is 7.57. The summed E-state index contributed by atoms with van der Waals surface area (Å²) in [7, 11) is 3.12. The standard InChI is InChI=1S/C20H21NO6/c1-11(2)16(27-12(3)22)10-26-15-7-6-13-17(19(15)24-5)21-20-14(8-9-25-20)18(13)23-4/h6-9,16H,1,10H2,2-5H3/t16-/m1/s1. The Morgan fingerprint density at radius 2 is 1.89 bits per heavy atom. The van der Waals surface area contributed by atoms with Crippen LogP contribution in [0.5, 0.6) is 17.2 Å². The Kier molecular flexibility index (Phi) is 5.21. The number of pyridine rings is 1. The number of furan rings is 1. The minimum Gasteiger partial charge on any atom is -0.495 e. The number of hydrogen-bond acceptors (Lipinski definition) is 7. The predicted molar refractivity (Wildman–Crippen MR) is 100 cm³/mol. The zero-order chi connectivity index (χ0) is 19.6. The third-order valence-corrected chi connectivity index (χ3v) is 4.10. The van der Waals surface area contributed by atoms with Crippen LogP contribution >= 0.6 is 0 Å². The van der Waals surface area contributed by atoms with Gasteiger partial charge in [-0.05, 0) is 30.7 Å². The van der Waals surface area contributed by atoms with Gasteiger partial charge in [-0.1, -0.05) is 6.58 Å². The van der Waals surface area contributed by atoms with Gasteiger partial charge in [-0.15, -0.1) is 0 Å². The SMILES string of the molecule is C=C(C)[C@@H](COc1ccc2c(OC)c3ccoc3nc2c1OC)OC(C)=O. The van der Waals surface area contributed by atoms with Crippen molar-refractivity contribution in [3.8, 4) is 17.2 Å². The zero-order valence-corrected chi connectivity index (χ0v) is 15.7. The third kappa shape index (κ3) is 3.53. The van der Waals surface area contributed by atoms with Gasteiger partial charge in [0.15, 0.2) is 17.6 Å². The Hall–Kier alpha value is -3.22. The smallest absolute Gasteiger partial charge is 0.303 e. The first-order valence-corrected chi connectivity index (χ1v) is 8.33. The van der Waals surface area contributed by atoms with Crippen molar-refractivity contribution in [3.05, 3.63) is 36.6 Å². The van der Waals surface area contributed by atoms with E-state index >= 15 is 0 Å². The van der Waals surface area contributed by atoms with E-state index in [-0.39, 0.29) is 6.61 Å². The maximum absolute atomic E-state index is 11.3. The average Bonchev–Trinajstić information content (AvgIpc) is 3.10. The Labute approximate surface area is 156 Å². The van der Waals surface area contributed by atoms with Gasteiger partial charge < -0.3 is 23.4 Å². The second-order valence-electron chi connectivity index (χ2n) is 6.03. The summed E-state index contributed by atoms with van der Waals surface area (Å²) in [6.45, 7) is 7.06. The summed E-state index contributed by atoms with van der Waals surface area (Å²) in [6, 6.07) is 5.40.